The summed E-state index contributed by atoms with van der Waals surface area (Å²) >= 11 is 4.75. The summed E-state index contributed by atoms with van der Waals surface area (Å²) in [6, 6.07) is 0. The molecule has 0 bridgehead atoms. The number of nitrogens with zero attached hydrogens (tertiary/aromatic N) is 2. The lowest BCUT2D eigenvalue weighted by Gasteiger charge is -2.13. The average molecular weight is 156 g/mol. The first-order valence-electron chi connectivity index (χ1n) is 3.10. The summed E-state index contributed by atoms with van der Waals surface area (Å²) in [5.74, 6) is 0.845. The third-order valence-electron chi connectivity index (χ3n) is 1.18. The van der Waals surface area contributed by atoms with Gasteiger partial charge in [0.2, 0.25) is 0 Å². The first kappa shape index (κ1) is 7.47. The lowest BCUT2D eigenvalue weighted by atomic mass is 9.96. The van der Waals surface area contributed by atoms with Crippen molar-refractivity contribution >= 4 is 12.6 Å². The van der Waals surface area contributed by atoms with Crippen molar-refractivity contribution in [2.75, 3.05) is 0 Å². The molecular weight excluding hydrogens is 146 g/mol. The average Bonchev–Trinajstić information content (AvgIpc) is 2.11. The molecule has 4 heteroatoms. The molecule has 1 heterocycles. The van der Waals surface area contributed by atoms with E-state index in [4.69, 9.17) is 12.6 Å². The summed E-state index contributed by atoms with van der Waals surface area (Å²) in [5.41, 5.74) is 0.0179. The second kappa shape index (κ2) is 2.20. The molecule has 0 atom stereocenters. The molecule has 3 nitrogen and oxygen atoms in total. The standard InChI is InChI=1S/C6H11N3S/c1-6(2,3)4-7-5(10)9-8-4/h1-3H3,(H2,7,8,9,10)/p-1. The van der Waals surface area contributed by atoms with Crippen LogP contribution in [0.3, 0.4) is 0 Å². The molecule has 1 N–H and O–H groups in total. The van der Waals surface area contributed by atoms with Crippen molar-refractivity contribution in [2.24, 2.45) is 0 Å². The Labute approximate surface area is 65.7 Å². The summed E-state index contributed by atoms with van der Waals surface area (Å²) in [6.07, 6.45) is 0. The van der Waals surface area contributed by atoms with Crippen molar-refractivity contribution in [3.05, 3.63) is 5.82 Å². The monoisotopic (exact) mass is 156 g/mol. The molecule has 0 fully saturated rings. The van der Waals surface area contributed by atoms with Crippen LogP contribution < -0.4 is 0 Å². The molecule has 0 aromatic carbocycles. The number of aromatic nitrogens is 3. The minimum atomic E-state index is 0.0179. The Morgan fingerprint density at radius 3 is 2.20 bits per heavy atom. The largest absolute Gasteiger partial charge is 0.738 e. The van der Waals surface area contributed by atoms with Gasteiger partial charge in [-0.25, -0.2) is 4.98 Å². The van der Waals surface area contributed by atoms with Crippen molar-refractivity contribution in [1.29, 1.82) is 0 Å². The molecule has 0 unspecified atom stereocenters. The Morgan fingerprint density at radius 2 is 2.00 bits per heavy atom. The summed E-state index contributed by atoms with van der Waals surface area (Å²) in [5, 5.41) is 6.94. The first-order chi connectivity index (χ1) is 4.50. The molecule has 0 radical (unpaired) electrons. The molecule has 0 amide bonds. The van der Waals surface area contributed by atoms with Gasteiger partial charge in [-0.2, -0.15) is 5.10 Å². The highest BCUT2D eigenvalue weighted by Crippen LogP contribution is 2.16. The number of H-pyrrole nitrogens is 1. The van der Waals surface area contributed by atoms with Crippen LogP contribution in [0, 0.1) is 0 Å². The molecule has 1 aromatic rings. The highest BCUT2D eigenvalue weighted by molar-refractivity contribution is 7.58. The third-order valence-corrected chi connectivity index (χ3v) is 1.36. The molecule has 0 aliphatic carbocycles. The molecule has 1 aromatic heterocycles. The minimum absolute atomic E-state index is 0.0179. The van der Waals surface area contributed by atoms with Gasteiger partial charge in [-0.3, -0.25) is 5.10 Å². The maximum Gasteiger partial charge on any atom is 0.127 e. The third kappa shape index (κ3) is 1.44. The summed E-state index contributed by atoms with van der Waals surface area (Å²) in [7, 11) is 0. The molecule has 0 saturated heterocycles. The Balaban J connectivity index is 2.96. The lowest BCUT2D eigenvalue weighted by molar-refractivity contribution is 0.547. The maximum absolute atomic E-state index is 4.75. The van der Waals surface area contributed by atoms with Crippen LogP contribution in [0.4, 0.5) is 0 Å². The van der Waals surface area contributed by atoms with Crippen molar-refractivity contribution in [3.8, 4) is 0 Å². The Kier molecular flexibility index (Phi) is 1.64. The zero-order chi connectivity index (χ0) is 7.78. The van der Waals surface area contributed by atoms with Gasteiger partial charge in [0, 0.05) is 10.6 Å². The van der Waals surface area contributed by atoms with Crippen LogP contribution >= 0.6 is 0 Å². The van der Waals surface area contributed by atoms with E-state index in [0.29, 0.717) is 5.16 Å². The van der Waals surface area contributed by atoms with Crippen molar-refractivity contribution in [1.82, 2.24) is 15.2 Å². The Morgan fingerprint density at radius 1 is 1.40 bits per heavy atom. The number of nitrogens with one attached hydrogen (secondary N) is 1. The number of rotatable bonds is 0. The highest BCUT2D eigenvalue weighted by atomic mass is 32.1. The molecule has 10 heavy (non-hydrogen) atoms. The van der Waals surface area contributed by atoms with Gasteiger partial charge in [0.15, 0.2) is 0 Å². The van der Waals surface area contributed by atoms with Crippen molar-refractivity contribution in [3.63, 3.8) is 0 Å². The quantitative estimate of drug-likeness (QED) is 0.570. The fourth-order valence-corrected chi connectivity index (χ4v) is 0.719. The fraction of sp³-hybridized carbons (Fsp3) is 0.667. The Hall–Kier alpha value is -0.640. The molecule has 0 aliphatic rings. The van der Waals surface area contributed by atoms with Gasteiger partial charge in [-0.15, -0.1) is 0 Å². The van der Waals surface area contributed by atoms with E-state index < -0.39 is 0 Å². The lowest BCUT2D eigenvalue weighted by Crippen LogP contribution is -2.13. The van der Waals surface area contributed by atoms with E-state index >= 15 is 0 Å². The van der Waals surface area contributed by atoms with Crippen LogP contribution in [0.2, 0.25) is 0 Å². The second-order valence-corrected chi connectivity index (χ2v) is 3.58. The maximum atomic E-state index is 4.75. The van der Waals surface area contributed by atoms with E-state index in [1.807, 2.05) is 0 Å². The van der Waals surface area contributed by atoms with Crippen LogP contribution in [-0.2, 0) is 18.0 Å². The highest BCUT2D eigenvalue weighted by Gasteiger charge is 2.15. The number of hydrogen-bond acceptors (Lipinski definition) is 3. The zero-order valence-corrected chi connectivity index (χ0v) is 7.12. The molecule has 0 spiro atoms. The predicted octanol–water partition coefficient (Wildman–Crippen LogP) is 1.01. The normalized spacial score (nSPS) is 11.9. The smallest absolute Gasteiger partial charge is 0.127 e. The van der Waals surface area contributed by atoms with E-state index in [1.54, 1.807) is 0 Å². The van der Waals surface area contributed by atoms with Gasteiger partial charge < -0.3 is 12.6 Å². The second-order valence-electron chi connectivity index (χ2n) is 3.22. The van der Waals surface area contributed by atoms with Crippen molar-refractivity contribution < 1.29 is 0 Å². The SMILES string of the molecule is CC(C)(C)c1nc([S-])n[nH]1. The molecule has 56 valence electrons. The van der Waals surface area contributed by atoms with E-state index in [2.05, 4.69) is 36.0 Å². The minimum Gasteiger partial charge on any atom is -0.738 e. The first-order valence-corrected chi connectivity index (χ1v) is 3.51. The van der Waals surface area contributed by atoms with Crippen LogP contribution in [0.25, 0.3) is 0 Å². The van der Waals surface area contributed by atoms with Crippen molar-refractivity contribution in [2.45, 2.75) is 31.3 Å². The molecule has 1 rings (SSSR count). The van der Waals surface area contributed by atoms with Crippen LogP contribution in [0.15, 0.2) is 5.16 Å². The van der Waals surface area contributed by atoms with E-state index in [-0.39, 0.29) is 5.41 Å². The topological polar surface area (TPSA) is 41.6 Å². The van der Waals surface area contributed by atoms with Gasteiger partial charge in [0.1, 0.15) is 5.82 Å². The summed E-state index contributed by atoms with van der Waals surface area (Å²) < 4.78 is 0. The molecular formula is C6H10N3S-. The van der Waals surface area contributed by atoms with Crippen LogP contribution in [0.5, 0.6) is 0 Å². The molecule has 0 saturated carbocycles. The number of aromatic amines is 1. The molecule has 0 aliphatic heterocycles. The van der Waals surface area contributed by atoms with Crippen LogP contribution in [-0.4, -0.2) is 15.2 Å². The van der Waals surface area contributed by atoms with Gasteiger partial charge in [-0.05, 0) is 0 Å². The zero-order valence-electron chi connectivity index (χ0n) is 6.30. The predicted molar refractivity (Wildman–Crippen MR) is 40.7 cm³/mol. The fourth-order valence-electron chi connectivity index (χ4n) is 0.582. The van der Waals surface area contributed by atoms with E-state index in [1.165, 1.54) is 0 Å². The van der Waals surface area contributed by atoms with E-state index in [9.17, 15) is 0 Å². The summed E-state index contributed by atoms with van der Waals surface area (Å²) in [4.78, 5) is 4.03. The van der Waals surface area contributed by atoms with Gasteiger partial charge in [-0.1, -0.05) is 20.8 Å². The van der Waals surface area contributed by atoms with Gasteiger partial charge >= 0.3 is 0 Å². The van der Waals surface area contributed by atoms with Gasteiger partial charge in [0.25, 0.3) is 0 Å². The Bertz CT molecular complexity index is 223. The van der Waals surface area contributed by atoms with Crippen LogP contribution in [0.1, 0.15) is 26.6 Å². The number of hydrogen-bond donors (Lipinski definition) is 1. The van der Waals surface area contributed by atoms with Gasteiger partial charge in [0.05, 0.1) is 0 Å². The van der Waals surface area contributed by atoms with E-state index in [0.717, 1.165) is 5.82 Å². The summed E-state index contributed by atoms with van der Waals surface area (Å²) in [6.45, 7) is 6.17.